The van der Waals surface area contributed by atoms with E-state index in [1.807, 2.05) is 0 Å². The molecule has 2 bridgehead atoms. The highest BCUT2D eigenvalue weighted by molar-refractivity contribution is 5.18. The monoisotopic (exact) mass is 165 g/mol. The Labute approximate surface area is 75.2 Å². The lowest BCUT2D eigenvalue weighted by Gasteiger charge is -2.35. The molecule has 2 aliphatic heterocycles. The smallest absolute Gasteiger partial charge is 0.0392 e. The maximum absolute atomic E-state index is 3.77. The molecule has 0 amide bonds. The minimum atomic E-state index is 0.373. The first kappa shape index (κ1) is 8.31. The van der Waals surface area contributed by atoms with E-state index in [0.717, 1.165) is 12.0 Å². The average molecular weight is 165 g/mol. The van der Waals surface area contributed by atoms with E-state index in [4.69, 9.17) is 0 Å². The maximum Gasteiger partial charge on any atom is 0.0392 e. The van der Waals surface area contributed by atoms with Gasteiger partial charge >= 0.3 is 0 Å². The lowest BCUT2D eigenvalue weighted by Crippen LogP contribution is -2.48. The molecule has 1 nitrogen and oxygen atoms in total. The van der Waals surface area contributed by atoms with Gasteiger partial charge in [0.15, 0.2) is 0 Å². The second-order valence-electron chi connectivity index (χ2n) is 4.37. The normalized spacial score (nSPS) is 41.7. The van der Waals surface area contributed by atoms with Crippen molar-refractivity contribution >= 4 is 0 Å². The Morgan fingerprint density at radius 3 is 3.25 bits per heavy atom. The van der Waals surface area contributed by atoms with Gasteiger partial charge in [-0.25, -0.2) is 0 Å². The summed E-state index contributed by atoms with van der Waals surface area (Å²) in [6.45, 7) is 4.65. The van der Waals surface area contributed by atoms with Crippen LogP contribution in [0.5, 0.6) is 0 Å². The molecule has 0 spiro atoms. The van der Waals surface area contributed by atoms with Gasteiger partial charge in [-0.15, -0.1) is 0 Å². The Morgan fingerprint density at radius 1 is 1.67 bits per heavy atom. The van der Waals surface area contributed by atoms with Crippen molar-refractivity contribution in [2.75, 3.05) is 0 Å². The average Bonchev–Trinajstić information content (AvgIpc) is 2.42. The Morgan fingerprint density at radius 2 is 2.50 bits per heavy atom. The molecule has 1 heteroatoms. The summed E-state index contributed by atoms with van der Waals surface area (Å²) >= 11 is 0. The van der Waals surface area contributed by atoms with Crippen molar-refractivity contribution in [1.82, 2.24) is 5.32 Å². The summed E-state index contributed by atoms with van der Waals surface area (Å²) in [6, 6.07) is 0.781. The molecule has 12 heavy (non-hydrogen) atoms. The molecule has 0 radical (unpaired) electrons. The van der Waals surface area contributed by atoms with Crippen LogP contribution in [-0.4, -0.2) is 11.6 Å². The van der Waals surface area contributed by atoms with Crippen molar-refractivity contribution in [2.24, 2.45) is 5.92 Å². The highest BCUT2D eigenvalue weighted by Crippen LogP contribution is 2.37. The molecule has 2 rings (SSSR count). The molecule has 3 unspecified atom stereocenters. The van der Waals surface area contributed by atoms with Crippen LogP contribution in [-0.2, 0) is 0 Å². The molecular weight excluding hydrogens is 146 g/mol. The van der Waals surface area contributed by atoms with Crippen molar-refractivity contribution < 1.29 is 0 Å². The molecule has 1 fully saturated rings. The summed E-state index contributed by atoms with van der Waals surface area (Å²) < 4.78 is 0. The lowest BCUT2D eigenvalue weighted by atomic mass is 9.81. The van der Waals surface area contributed by atoms with E-state index < -0.39 is 0 Å². The number of rotatable bonds is 2. The predicted octanol–water partition coefficient (Wildman–Crippen LogP) is 2.48. The van der Waals surface area contributed by atoms with Crippen molar-refractivity contribution in [3.05, 3.63) is 12.2 Å². The second-order valence-corrected chi connectivity index (χ2v) is 4.37. The van der Waals surface area contributed by atoms with Gasteiger partial charge in [0.1, 0.15) is 0 Å². The zero-order chi connectivity index (χ0) is 8.60. The first-order chi connectivity index (χ1) is 5.77. The Bertz CT molecular complexity index is 197. The quantitative estimate of drug-likeness (QED) is 0.620. The minimum absolute atomic E-state index is 0.373. The highest BCUT2D eigenvalue weighted by atomic mass is 15.1. The number of hydrogen-bond donors (Lipinski definition) is 1. The number of nitrogens with one attached hydrogen (secondary N) is 1. The summed E-state index contributed by atoms with van der Waals surface area (Å²) in [4.78, 5) is 0. The van der Waals surface area contributed by atoms with E-state index in [2.05, 4.69) is 31.3 Å². The largest absolute Gasteiger partial charge is 0.305 e. The summed E-state index contributed by atoms with van der Waals surface area (Å²) in [5, 5.41) is 3.77. The van der Waals surface area contributed by atoms with Gasteiger partial charge in [0.05, 0.1) is 0 Å². The van der Waals surface area contributed by atoms with E-state index in [1.165, 1.54) is 25.7 Å². The van der Waals surface area contributed by atoms with Crippen LogP contribution in [0.2, 0.25) is 0 Å². The van der Waals surface area contributed by atoms with Crippen LogP contribution in [0.1, 0.15) is 39.5 Å². The van der Waals surface area contributed by atoms with Crippen LogP contribution >= 0.6 is 0 Å². The summed E-state index contributed by atoms with van der Waals surface area (Å²) in [5.41, 5.74) is 0.373. The molecule has 0 aromatic heterocycles. The third kappa shape index (κ3) is 1.11. The van der Waals surface area contributed by atoms with Gasteiger partial charge in [-0.1, -0.05) is 32.4 Å². The standard InChI is InChI=1S/C11H19N/c1-3-9(2)11-7-4-5-10(12-11)6-8-11/h4,7,9-10,12H,3,5-6,8H2,1-2H3. The van der Waals surface area contributed by atoms with E-state index in [9.17, 15) is 0 Å². The first-order valence-corrected chi connectivity index (χ1v) is 5.22. The van der Waals surface area contributed by atoms with Crippen LogP contribution in [0, 0.1) is 5.92 Å². The zero-order valence-corrected chi connectivity index (χ0v) is 8.14. The first-order valence-electron chi connectivity index (χ1n) is 5.22. The van der Waals surface area contributed by atoms with Gasteiger partial charge in [-0.2, -0.15) is 0 Å². The Hall–Kier alpha value is -0.300. The summed E-state index contributed by atoms with van der Waals surface area (Å²) in [6.07, 6.45) is 10.0. The van der Waals surface area contributed by atoms with E-state index >= 15 is 0 Å². The van der Waals surface area contributed by atoms with Crippen molar-refractivity contribution in [3.63, 3.8) is 0 Å². The van der Waals surface area contributed by atoms with Gasteiger partial charge in [-0.3, -0.25) is 0 Å². The molecule has 1 N–H and O–H groups in total. The van der Waals surface area contributed by atoms with Gasteiger partial charge in [0, 0.05) is 11.6 Å². The molecule has 0 aromatic carbocycles. The van der Waals surface area contributed by atoms with Crippen LogP contribution in [0.3, 0.4) is 0 Å². The van der Waals surface area contributed by atoms with E-state index in [1.54, 1.807) is 0 Å². The zero-order valence-electron chi connectivity index (χ0n) is 8.14. The van der Waals surface area contributed by atoms with Crippen molar-refractivity contribution in [2.45, 2.75) is 51.1 Å². The summed E-state index contributed by atoms with van der Waals surface area (Å²) in [5.74, 6) is 0.791. The second kappa shape index (κ2) is 2.88. The molecular formula is C11H19N. The van der Waals surface area contributed by atoms with Crippen LogP contribution in [0.4, 0.5) is 0 Å². The van der Waals surface area contributed by atoms with Gasteiger partial charge < -0.3 is 5.32 Å². The molecule has 68 valence electrons. The molecule has 0 aromatic rings. The third-order valence-corrected chi connectivity index (χ3v) is 3.71. The lowest BCUT2D eigenvalue weighted by molar-refractivity contribution is 0.292. The fourth-order valence-corrected chi connectivity index (χ4v) is 2.61. The Balaban J connectivity index is 2.19. The van der Waals surface area contributed by atoms with Gasteiger partial charge in [-0.05, 0) is 25.2 Å². The maximum atomic E-state index is 3.77. The fraction of sp³-hybridized carbons (Fsp3) is 0.818. The number of hydrogen-bond acceptors (Lipinski definition) is 1. The van der Waals surface area contributed by atoms with Gasteiger partial charge in [0.25, 0.3) is 0 Å². The molecule has 0 aliphatic carbocycles. The van der Waals surface area contributed by atoms with Crippen molar-refractivity contribution in [1.29, 1.82) is 0 Å². The van der Waals surface area contributed by atoms with Crippen LogP contribution in [0.25, 0.3) is 0 Å². The predicted molar refractivity (Wildman–Crippen MR) is 52.1 cm³/mol. The van der Waals surface area contributed by atoms with Crippen LogP contribution in [0.15, 0.2) is 12.2 Å². The topological polar surface area (TPSA) is 12.0 Å². The van der Waals surface area contributed by atoms with E-state index in [-0.39, 0.29) is 0 Å². The van der Waals surface area contributed by atoms with Crippen LogP contribution < -0.4 is 5.32 Å². The minimum Gasteiger partial charge on any atom is -0.305 e. The number of fused-ring (bicyclic) bond motifs is 2. The van der Waals surface area contributed by atoms with Gasteiger partial charge in [0.2, 0.25) is 0 Å². The SMILES string of the molecule is CCC(C)C12C=CCC(CC1)N2. The molecule has 2 heterocycles. The van der Waals surface area contributed by atoms with Crippen molar-refractivity contribution in [3.8, 4) is 0 Å². The van der Waals surface area contributed by atoms with E-state index in [0.29, 0.717) is 5.54 Å². The Kier molecular flexibility index (Phi) is 1.99. The fourth-order valence-electron chi connectivity index (χ4n) is 2.61. The molecule has 0 saturated carbocycles. The third-order valence-electron chi connectivity index (χ3n) is 3.71. The molecule has 3 atom stereocenters. The molecule has 1 saturated heterocycles. The highest BCUT2D eigenvalue weighted by Gasteiger charge is 2.41. The summed E-state index contributed by atoms with van der Waals surface area (Å²) in [7, 11) is 0. The molecule has 2 aliphatic rings.